The molecule has 0 atom stereocenters. The highest BCUT2D eigenvalue weighted by Gasteiger charge is 2.20. The molecular weight excluding hydrogens is 445 g/mol. The molecule has 0 radical (unpaired) electrons. The highest BCUT2D eigenvalue weighted by Crippen LogP contribution is 2.29. The Hall–Kier alpha value is -2.82. The van der Waals surface area contributed by atoms with Crippen LogP contribution in [0.4, 0.5) is 5.69 Å². The fourth-order valence-corrected chi connectivity index (χ4v) is 4.19. The minimum Gasteiger partial charge on any atom is -0.349 e. The second-order valence-corrected chi connectivity index (χ2v) is 9.05. The third-order valence-electron chi connectivity index (χ3n) is 5.18. The molecule has 0 aliphatic heterocycles. The van der Waals surface area contributed by atoms with Gasteiger partial charge in [0, 0.05) is 24.2 Å². The van der Waals surface area contributed by atoms with E-state index in [1.54, 1.807) is 12.1 Å². The number of rotatable bonds is 7. The normalized spacial score (nSPS) is 12.0. The van der Waals surface area contributed by atoms with Crippen LogP contribution >= 0.6 is 23.2 Å². The van der Waals surface area contributed by atoms with Crippen LogP contribution in [-0.4, -0.2) is 30.7 Å². The molecule has 1 N–H and O–H groups in total. The summed E-state index contributed by atoms with van der Waals surface area (Å²) in [5.74, 6) is 0.943. The molecule has 168 valence electrons. The maximum absolute atomic E-state index is 9.43. The molecule has 0 unspecified atom stereocenters. The molecule has 0 saturated carbocycles. The number of anilines is 1. The summed E-state index contributed by atoms with van der Waals surface area (Å²) in [6, 6.07) is 7.68. The van der Waals surface area contributed by atoms with E-state index in [9.17, 15) is 5.26 Å². The summed E-state index contributed by atoms with van der Waals surface area (Å²) in [7, 11) is 1.91. The highest BCUT2D eigenvalue weighted by molar-refractivity contribution is 6.32. The Kier molecular flexibility index (Phi) is 7.27. The van der Waals surface area contributed by atoms with Gasteiger partial charge in [-0.05, 0) is 50.5 Å². The topological polar surface area (TPSA) is 82.7 Å². The SMILES string of the molecule is Cc1nn(C)c2nc(CN(/C(=C/C#N)Nc3cc(Cl)nc(Cl)c3)C(C)C)cc(C(C)C)c12. The molecule has 0 aliphatic rings. The molecule has 7 nitrogen and oxygen atoms in total. The van der Waals surface area contributed by atoms with E-state index in [0.717, 1.165) is 22.4 Å². The van der Waals surface area contributed by atoms with E-state index in [2.05, 4.69) is 60.1 Å². The van der Waals surface area contributed by atoms with Gasteiger partial charge in [0.15, 0.2) is 5.65 Å². The predicted octanol–water partition coefficient (Wildman–Crippen LogP) is 5.79. The standard InChI is InChI=1S/C23H27Cl2N7/c1-13(2)18-9-17(28-23-22(18)15(5)30-31(23)6)12-32(14(3)4)21(7-8-26)27-16-10-19(24)29-20(25)11-16/h7,9-11,13-14H,12H2,1-6H3,(H,27,29)/b21-7+. The molecule has 0 fully saturated rings. The van der Waals surface area contributed by atoms with Gasteiger partial charge in [-0.15, -0.1) is 0 Å². The second-order valence-electron chi connectivity index (χ2n) is 8.27. The van der Waals surface area contributed by atoms with E-state index < -0.39 is 0 Å². The maximum atomic E-state index is 9.43. The lowest BCUT2D eigenvalue weighted by Crippen LogP contribution is -2.33. The summed E-state index contributed by atoms with van der Waals surface area (Å²) < 4.78 is 1.82. The number of aromatic nitrogens is 4. The van der Waals surface area contributed by atoms with Crippen molar-refractivity contribution in [3.05, 3.63) is 57.4 Å². The van der Waals surface area contributed by atoms with Crippen LogP contribution in [0, 0.1) is 18.3 Å². The Morgan fingerprint density at radius 1 is 1.19 bits per heavy atom. The van der Waals surface area contributed by atoms with Gasteiger partial charge < -0.3 is 10.2 Å². The zero-order valence-electron chi connectivity index (χ0n) is 19.1. The van der Waals surface area contributed by atoms with Crippen molar-refractivity contribution in [2.24, 2.45) is 7.05 Å². The molecule has 0 saturated heterocycles. The smallest absolute Gasteiger partial charge is 0.158 e. The number of allylic oxidation sites excluding steroid dienone is 1. The Labute approximate surface area is 198 Å². The Morgan fingerprint density at radius 3 is 2.41 bits per heavy atom. The summed E-state index contributed by atoms with van der Waals surface area (Å²) in [4.78, 5) is 11.0. The van der Waals surface area contributed by atoms with Crippen molar-refractivity contribution in [1.29, 1.82) is 5.26 Å². The molecule has 3 aromatic heterocycles. The first-order valence-electron chi connectivity index (χ1n) is 10.4. The number of hydrogen-bond acceptors (Lipinski definition) is 6. The van der Waals surface area contributed by atoms with Crippen LogP contribution in [0.5, 0.6) is 0 Å². The van der Waals surface area contributed by atoms with E-state index in [4.69, 9.17) is 28.2 Å². The summed E-state index contributed by atoms with van der Waals surface area (Å²) in [5.41, 5.74) is 4.60. The highest BCUT2D eigenvalue weighted by atomic mass is 35.5. The zero-order valence-corrected chi connectivity index (χ0v) is 20.6. The van der Waals surface area contributed by atoms with Crippen LogP contribution in [0.1, 0.15) is 50.6 Å². The molecule has 0 aliphatic carbocycles. The van der Waals surface area contributed by atoms with E-state index in [1.807, 2.05) is 18.7 Å². The van der Waals surface area contributed by atoms with Gasteiger partial charge in [-0.2, -0.15) is 10.4 Å². The molecule has 3 rings (SSSR count). The zero-order chi connectivity index (χ0) is 23.6. The summed E-state index contributed by atoms with van der Waals surface area (Å²) in [6.07, 6.45) is 1.47. The first-order chi connectivity index (χ1) is 15.1. The Bertz CT molecular complexity index is 1190. The molecule has 3 aromatic rings. The molecule has 0 amide bonds. The number of aryl methyl sites for hydroxylation is 2. The van der Waals surface area contributed by atoms with E-state index in [0.29, 0.717) is 24.0 Å². The second kappa shape index (κ2) is 9.76. The van der Waals surface area contributed by atoms with Crippen LogP contribution in [0.3, 0.4) is 0 Å². The molecular formula is C23H27Cl2N7. The van der Waals surface area contributed by atoms with Crippen molar-refractivity contribution < 1.29 is 0 Å². The van der Waals surface area contributed by atoms with Gasteiger partial charge in [-0.3, -0.25) is 4.68 Å². The van der Waals surface area contributed by atoms with Crippen LogP contribution in [0.25, 0.3) is 11.0 Å². The van der Waals surface area contributed by atoms with Gasteiger partial charge in [-0.1, -0.05) is 37.0 Å². The van der Waals surface area contributed by atoms with Crippen molar-refractivity contribution in [3.8, 4) is 6.07 Å². The molecule has 32 heavy (non-hydrogen) atoms. The minimum atomic E-state index is 0.0863. The first-order valence-corrected chi connectivity index (χ1v) is 11.2. The molecule has 3 heterocycles. The fraction of sp³-hybridized carbons (Fsp3) is 0.391. The third kappa shape index (κ3) is 5.14. The van der Waals surface area contributed by atoms with Gasteiger partial charge in [-0.25, -0.2) is 9.97 Å². The maximum Gasteiger partial charge on any atom is 0.158 e. The third-order valence-corrected chi connectivity index (χ3v) is 5.56. The van der Waals surface area contributed by atoms with Crippen molar-refractivity contribution >= 4 is 39.9 Å². The van der Waals surface area contributed by atoms with Crippen LogP contribution in [-0.2, 0) is 13.6 Å². The molecule has 9 heteroatoms. The van der Waals surface area contributed by atoms with Crippen LogP contribution < -0.4 is 5.32 Å². The lowest BCUT2D eigenvalue weighted by molar-refractivity contribution is 0.276. The quantitative estimate of drug-likeness (QED) is 0.346. The predicted molar refractivity (Wildman–Crippen MR) is 130 cm³/mol. The summed E-state index contributed by atoms with van der Waals surface area (Å²) in [5, 5.41) is 18.9. The Morgan fingerprint density at radius 2 is 1.84 bits per heavy atom. The average Bonchev–Trinajstić information content (AvgIpc) is 2.98. The number of nitrogens with one attached hydrogen (secondary N) is 1. The number of fused-ring (bicyclic) bond motifs is 1. The summed E-state index contributed by atoms with van der Waals surface area (Å²) in [6.45, 7) is 11.0. The van der Waals surface area contributed by atoms with Crippen molar-refractivity contribution in [1.82, 2.24) is 24.6 Å². The number of halogens is 2. The largest absolute Gasteiger partial charge is 0.349 e. The van der Waals surface area contributed by atoms with Gasteiger partial charge in [0.2, 0.25) is 0 Å². The number of nitrogens with zero attached hydrogens (tertiary/aromatic N) is 6. The van der Waals surface area contributed by atoms with Crippen molar-refractivity contribution in [2.45, 2.75) is 53.1 Å². The molecule has 0 aromatic carbocycles. The van der Waals surface area contributed by atoms with E-state index in [1.165, 1.54) is 11.6 Å². The van der Waals surface area contributed by atoms with E-state index >= 15 is 0 Å². The monoisotopic (exact) mass is 471 g/mol. The van der Waals surface area contributed by atoms with Gasteiger partial charge in [0.05, 0.1) is 30.1 Å². The van der Waals surface area contributed by atoms with Crippen LogP contribution in [0.2, 0.25) is 10.3 Å². The van der Waals surface area contributed by atoms with E-state index in [-0.39, 0.29) is 16.3 Å². The van der Waals surface area contributed by atoms with Crippen molar-refractivity contribution in [2.75, 3.05) is 5.32 Å². The number of hydrogen-bond donors (Lipinski definition) is 1. The first kappa shape index (κ1) is 23.8. The fourth-order valence-electron chi connectivity index (χ4n) is 3.73. The van der Waals surface area contributed by atoms with Gasteiger partial charge in [0.1, 0.15) is 16.1 Å². The molecule has 0 bridgehead atoms. The number of nitriles is 1. The molecule has 0 spiro atoms. The minimum absolute atomic E-state index is 0.0863. The summed E-state index contributed by atoms with van der Waals surface area (Å²) >= 11 is 12.1. The van der Waals surface area contributed by atoms with Gasteiger partial charge in [0.25, 0.3) is 0 Å². The lowest BCUT2D eigenvalue weighted by Gasteiger charge is -2.31. The van der Waals surface area contributed by atoms with Crippen molar-refractivity contribution in [3.63, 3.8) is 0 Å². The lowest BCUT2D eigenvalue weighted by atomic mass is 9.98. The number of pyridine rings is 2. The average molecular weight is 472 g/mol. The van der Waals surface area contributed by atoms with Crippen LogP contribution in [0.15, 0.2) is 30.1 Å². The van der Waals surface area contributed by atoms with Gasteiger partial charge >= 0.3 is 0 Å². The Balaban J connectivity index is 2.03.